The first-order valence-corrected chi connectivity index (χ1v) is 8.45. The first-order valence-electron chi connectivity index (χ1n) is 8.45. The maximum atomic E-state index is 12.2. The maximum absolute atomic E-state index is 12.2. The van der Waals surface area contributed by atoms with Crippen LogP contribution in [0, 0.1) is 0 Å². The highest BCUT2D eigenvalue weighted by Crippen LogP contribution is 2.20. The van der Waals surface area contributed by atoms with E-state index in [1.54, 1.807) is 15.9 Å². The molecule has 3 rings (SSSR count). The minimum Gasteiger partial charge on any atom is -0.472 e. The lowest BCUT2D eigenvalue weighted by atomic mass is 9.98. The van der Waals surface area contributed by atoms with E-state index < -0.39 is 0 Å². The molecule has 1 aliphatic carbocycles. The number of rotatable bonds is 4. The minimum absolute atomic E-state index is 0.0333. The summed E-state index contributed by atoms with van der Waals surface area (Å²) in [4.78, 5) is 28.0. The molecule has 2 aliphatic rings. The molecule has 6 nitrogen and oxygen atoms in total. The number of furan rings is 1. The average molecular weight is 320 g/mol. The largest absolute Gasteiger partial charge is 0.472 e. The van der Waals surface area contributed by atoms with Gasteiger partial charge >= 0.3 is 0 Å². The normalized spacial score (nSPS) is 19.8. The minimum atomic E-state index is -0.0377. The third-order valence-corrected chi connectivity index (χ3v) is 4.68. The van der Waals surface area contributed by atoms with E-state index in [0.29, 0.717) is 31.7 Å². The molecular formula is C17H24N2O4. The Labute approximate surface area is 136 Å². The first kappa shape index (κ1) is 16.1. The summed E-state index contributed by atoms with van der Waals surface area (Å²) in [7, 11) is 0. The second kappa shape index (κ2) is 7.64. The third kappa shape index (κ3) is 4.13. The second-order valence-electron chi connectivity index (χ2n) is 6.26. The van der Waals surface area contributed by atoms with E-state index in [1.807, 2.05) is 0 Å². The van der Waals surface area contributed by atoms with Crippen molar-refractivity contribution in [2.45, 2.75) is 38.2 Å². The van der Waals surface area contributed by atoms with Gasteiger partial charge in [-0.2, -0.15) is 0 Å². The zero-order chi connectivity index (χ0) is 16.1. The maximum Gasteiger partial charge on any atom is 0.257 e. The summed E-state index contributed by atoms with van der Waals surface area (Å²) >= 11 is 0. The van der Waals surface area contributed by atoms with Crippen molar-refractivity contribution < 1.29 is 18.7 Å². The van der Waals surface area contributed by atoms with Crippen LogP contribution in [0.5, 0.6) is 0 Å². The van der Waals surface area contributed by atoms with Crippen LogP contribution in [0.2, 0.25) is 0 Å². The van der Waals surface area contributed by atoms with E-state index in [0.717, 1.165) is 12.8 Å². The predicted molar refractivity (Wildman–Crippen MR) is 84.0 cm³/mol. The molecule has 2 fully saturated rings. The van der Waals surface area contributed by atoms with Crippen molar-refractivity contribution in [1.82, 2.24) is 9.80 Å². The smallest absolute Gasteiger partial charge is 0.257 e. The van der Waals surface area contributed by atoms with Crippen LogP contribution in [0.1, 0.15) is 42.5 Å². The summed E-state index contributed by atoms with van der Waals surface area (Å²) < 4.78 is 10.7. The molecule has 23 heavy (non-hydrogen) atoms. The molecular weight excluding hydrogens is 296 g/mol. The van der Waals surface area contributed by atoms with Crippen molar-refractivity contribution in [2.24, 2.45) is 0 Å². The lowest BCUT2D eigenvalue weighted by Gasteiger charge is -2.35. The summed E-state index contributed by atoms with van der Waals surface area (Å²) in [6, 6.07) is 1.66. The number of amides is 2. The number of ether oxygens (including phenoxy) is 1. The van der Waals surface area contributed by atoms with Gasteiger partial charge < -0.3 is 19.0 Å². The predicted octanol–water partition coefficient (Wildman–Crippen LogP) is 1.91. The SMILES string of the molecule is O=C(COC1CCCCC1)N1CCN(C(=O)c2ccoc2)CC1. The highest BCUT2D eigenvalue weighted by molar-refractivity contribution is 5.94. The van der Waals surface area contributed by atoms with Gasteiger partial charge in [-0.05, 0) is 18.9 Å². The molecule has 126 valence electrons. The van der Waals surface area contributed by atoms with Crippen LogP contribution in [0.25, 0.3) is 0 Å². The molecule has 1 aromatic heterocycles. The number of hydrogen-bond donors (Lipinski definition) is 0. The van der Waals surface area contributed by atoms with E-state index in [1.165, 1.54) is 31.8 Å². The van der Waals surface area contributed by atoms with Crippen LogP contribution in [-0.4, -0.2) is 60.5 Å². The van der Waals surface area contributed by atoms with Crippen molar-refractivity contribution in [3.05, 3.63) is 24.2 Å². The van der Waals surface area contributed by atoms with Gasteiger partial charge in [0.05, 0.1) is 17.9 Å². The Balaban J connectivity index is 1.41. The van der Waals surface area contributed by atoms with Crippen LogP contribution in [0.15, 0.2) is 23.0 Å². The summed E-state index contributed by atoms with van der Waals surface area (Å²) in [5, 5.41) is 0. The molecule has 0 spiro atoms. The van der Waals surface area contributed by atoms with Gasteiger partial charge in [-0.15, -0.1) is 0 Å². The van der Waals surface area contributed by atoms with Crippen LogP contribution in [0.3, 0.4) is 0 Å². The zero-order valence-corrected chi connectivity index (χ0v) is 13.4. The summed E-state index contributed by atoms with van der Waals surface area (Å²) in [6.07, 6.45) is 9.02. The van der Waals surface area contributed by atoms with Crippen LogP contribution < -0.4 is 0 Å². The second-order valence-corrected chi connectivity index (χ2v) is 6.26. The van der Waals surface area contributed by atoms with Gasteiger partial charge in [0.25, 0.3) is 5.91 Å². The number of carbonyl (C=O) groups is 2. The van der Waals surface area contributed by atoms with E-state index in [2.05, 4.69) is 0 Å². The van der Waals surface area contributed by atoms with Crippen LogP contribution in [0.4, 0.5) is 0 Å². The van der Waals surface area contributed by atoms with Crippen molar-refractivity contribution in [2.75, 3.05) is 32.8 Å². The molecule has 1 saturated carbocycles. The van der Waals surface area contributed by atoms with E-state index >= 15 is 0 Å². The first-order chi connectivity index (χ1) is 11.2. The molecule has 0 unspecified atom stereocenters. The number of piperazine rings is 1. The summed E-state index contributed by atoms with van der Waals surface area (Å²) in [5.74, 6) is -0.00436. The summed E-state index contributed by atoms with van der Waals surface area (Å²) in [6.45, 7) is 2.41. The van der Waals surface area contributed by atoms with Gasteiger partial charge in [-0.3, -0.25) is 9.59 Å². The molecule has 0 N–H and O–H groups in total. The quantitative estimate of drug-likeness (QED) is 0.850. The van der Waals surface area contributed by atoms with Gasteiger partial charge in [0.15, 0.2) is 0 Å². The number of nitrogens with zero attached hydrogens (tertiary/aromatic N) is 2. The Hall–Kier alpha value is -1.82. The molecule has 6 heteroatoms. The molecule has 2 amide bonds. The molecule has 1 aliphatic heterocycles. The zero-order valence-electron chi connectivity index (χ0n) is 13.4. The van der Waals surface area contributed by atoms with Crippen LogP contribution >= 0.6 is 0 Å². The third-order valence-electron chi connectivity index (χ3n) is 4.68. The van der Waals surface area contributed by atoms with Crippen molar-refractivity contribution in [3.63, 3.8) is 0 Å². The van der Waals surface area contributed by atoms with E-state index in [4.69, 9.17) is 9.15 Å². The Kier molecular flexibility index (Phi) is 5.33. The van der Waals surface area contributed by atoms with Gasteiger partial charge in [0.2, 0.25) is 5.91 Å². The standard InChI is InChI=1S/C17H24N2O4/c20-16(13-23-15-4-2-1-3-5-15)18-7-9-19(10-8-18)17(21)14-6-11-22-12-14/h6,11-12,15H,1-5,7-10,13H2. The number of hydrogen-bond acceptors (Lipinski definition) is 4. The van der Waals surface area contributed by atoms with Crippen molar-refractivity contribution >= 4 is 11.8 Å². The summed E-state index contributed by atoms with van der Waals surface area (Å²) in [5.41, 5.74) is 0.561. The lowest BCUT2D eigenvalue weighted by molar-refractivity contribution is -0.140. The van der Waals surface area contributed by atoms with Crippen LogP contribution in [-0.2, 0) is 9.53 Å². The van der Waals surface area contributed by atoms with Crippen molar-refractivity contribution in [1.29, 1.82) is 0 Å². The number of carbonyl (C=O) groups excluding carboxylic acids is 2. The molecule has 1 aromatic rings. The fraction of sp³-hybridized carbons (Fsp3) is 0.647. The van der Waals surface area contributed by atoms with E-state index in [9.17, 15) is 9.59 Å². The van der Waals surface area contributed by atoms with Gasteiger partial charge in [0.1, 0.15) is 12.9 Å². The van der Waals surface area contributed by atoms with Gasteiger partial charge in [-0.1, -0.05) is 19.3 Å². The molecule has 0 radical (unpaired) electrons. The highest BCUT2D eigenvalue weighted by atomic mass is 16.5. The van der Waals surface area contributed by atoms with E-state index in [-0.39, 0.29) is 24.5 Å². The highest BCUT2D eigenvalue weighted by Gasteiger charge is 2.26. The Morgan fingerprint density at radius 2 is 1.78 bits per heavy atom. The molecule has 0 bridgehead atoms. The molecule has 0 aromatic carbocycles. The monoisotopic (exact) mass is 320 g/mol. The Bertz CT molecular complexity index is 515. The van der Waals surface area contributed by atoms with Crippen molar-refractivity contribution in [3.8, 4) is 0 Å². The van der Waals surface area contributed by atoms with Gasteiger partial charge in [-0.25, -0.2) is 0 Å². The lowest BCUT2D eigenvalue weighted by Crippen LogP contribution is -2.51. The average Bonchev–Trinajstić information content (AvgIpc) is 3.15. The molecule has 1 saturated heterocycles. The van der Waals surface area contributed by atoms with Gasteiger partial charge in [0, 0.05) is 26.2 Å². The topological polar surface area (TPSA) is 63.0 Å². The fourth-order valence-corrected chi connectivity index (χ4v) is 3.24. The Morgan fingerprint density at radius 1 is 1.09 bits per heavy atom. The fourth-order valence-electron chi connectivity index (χ4n) is 3.24. The Morgan fingerprint density at radius 3 is 2.43 bits per heavy atom. The molecule has 0 atom stereocenters. The molecule has 2 heterocycles.